The summed E-state index contributed by atoms with van der Waals surface area (Å²) in [5.41, 5.74) is 6.12. The molecule has 0 bridgehead atoms. The van der Waals surface area contributed by atoms with Crippen LogP contribution in [0.5, 0.6) is 0 Å². The first-order valence-corrected chi connectivity index (χ1v) is 6.06. The number of hydrogen-bond acceptors (Lipinski definition) is 1. The minimum atomic E-state index is 1.18. The van der Waals surface area contributed by atoms with Gasteiger partial charge in [-0.05, 0) is 49.1 Å². The van der Waals surface area contributed by atoms with Crippen LogP contribution in [0.4, 0.5) is 0 Å². The minimum Gasteiger partial charge on any atom is -0.264 e. The fourth-order valence-electron chi connectivity index (χ4n) is 1.83. The molecule has 0 saturated heterocycles. The topological polar surface area (TPSA) is 12.9 Å². The molecule has 2 heteroatoms. The molecule has 1 heterocycles. The molecule has 0 spiro atoms. The Morgan fingerprint density at radius 2 is 1.50 bits per heavy atom. The minimum absolute atomic E-state index is 1.18. The van der Waals surface area contributed by atoms with Gasteiger partial charge in [0.15, 0.2) is 0 Å². The number of hydrogen-bond donors (Lipinski definition) is 0. The highest BCUT2D eigenvalue weighted by Gasteiger charge is 2.04. The van der Waals surface area contributed by atoms with Gasteiger partial charge in [-0.25, -0.2) is 0 Å². The van der Waals surface area contributed by atoms with Crippen molar-refractivity contribution in [2.45, 2.75) is 20.8 Å². The number of nitrogens with zero attached hydrogens (tertiary/aromatic N) is 1. The zero-order chi connectivity index (χ0) is 11.7. The molecule has 2 aromatic rings. The van der Waals surface area contributed by atoms with Crippen molar-refractivity contribution in [2.24, 2.45) is 0 Å². The van der Waals surface area contributed by atoms with E-state index in [1.165, 1.54) is 32.3 Å². The molecule has 0 fully saturated rings. The molecule has 82 valence electrons. The van der Waals surface area contributed by atoms with Crippen LogP contribution in [0.2, 0.25) is 0 Å². The molecule has 0 N–H and O–H groups in total. The predicted molar refractivity (Wildman–Crippen MR) is 71.6 cm³/mol. The Balaban J connectivity index is 2.57. The van der Waals surface area contributed by atoms with Crippen molar-refractivity contribution in [1.82, 2.24) is 4.98 Å². The molecule has 1 aromatic carbocycles. The molecule has 2 rings (SSSR count). The SMILES string of the molecule is Cc1cncc(-c2cc(C)c(Br)c(C)c2)c1. The predicted octanol–water partition coefficient (Wildman–Crippen LogP) is 4.44. The average molecular weight is 276 g/mol. The molecule has 16 heavy (non-hydrogen) atoms. The van der Waals surface area contributed by atoms with Gasteiger partial charge in [0.05, 0.1) is 0 Å². The Bertz CT molecular complexity index is 509. The van der Waals surface area contributed by atoms with Gasteiger partial charge in [-0.1, -0.05) is 28.1 Å². The fourth-order valence-corrected chi connectivity index (χ4v) is 2.05. The zero-order valence-corrected chi connectivity index (χ0v) is 11.3. The first kappa shape index (κ1) is 11.3. The van der Waals surface area contributed by atoms with Gasteiger partial charge >= 0.3 is 0 Å². The van der Waals surface area contributed by atoms with Crippen molar-refractivity contribution in [1.29, 1.82) is 0 Å². The lowest BCUT2D eigenvalue weighted by Gasteiger charge is -2.08. The standard InChI is InChI=1S/C14H14BrN/c1-9-4-13(8-16-7-9)12-5-10(2)14(15)11(3)6-12/h4-8H,1-3H3. The van der Waals surface area contributed by atoms with Gasteiger partial charge in [-0.3, -0.25) is 4.98 Å². The summed E-state index contributed by atoms with van der Waals surface area (Å²) in [5, 5.41) is 0. The Hall–Kier alpha value is -1.15. The highest BCUT2D eigenvalue weighted by molar-refractivity contribution is 9.10. The molecule has 1 nitrogen and oxygen atoms in total. The average Bonchev–Trinajstić information content (AvgIpc) is 2.25. The van der Waals surface area contributed by atoms with Crippen molar-refractivity contribution in [3.05, 3.63) is 51.8 Å². The van der Waals surface area contributed by atoms with E-state index in [4.69, 9.17) is 0 Å². The monoisotopic (exact) mass is 275 g/mol. The number of aromatic nitrogens is 1. The van der Waals surface area contributed by atoms with Crippen molar-refractivity contribution in [3.8, 4) is 11.1 Å². The third-order valence-electron chi connectivity index (χ3n) is 2.64. The van der Waals surface area contributed by atoms with Gasteiger partial charge in [0.2, 0.25) is 0 Å². The second-order valence-electron chi connectivity index (χ2n) is 4.17. The van der Waals surface area contributed by atoms with Crippen LogP contribution in [0.25, 0.3) is 11.1 Å². The summed E-state index contributed by atoms with van der Waals surface area (Å²) in [4.78, 5) is 4.23. The molecule has 1 aromatic heterocycles. The van der Waals surface area contributed by atoms with E-state index in [0.29, 0.717) is 0 Å². The summed E-state index contributed by atoms with van der Waals surface area (Å²) in [6.45, 7) is 6.29. The van der Waals surface area contributed by atoms with Crippen molar-refractivity contribution >= 4 is 15.9 Å². The van der Waals surface area contributed by atoms with Crippen LogP contribution in [0, 0.1) is 20.8 Å². The third-order valence-corrected chi connectivity index (χ3v) is 3.90. The van der Waals surface area contributed by atoms with Crippen LogP contribution in [0.3, 0.4) is 0 Å². The first-order valence-electron chi connectivity index (χ1n) is 5.26. The van der Waals surface area contributed by atoms with Crippen molar-refractivity contribution in [2.75, 3.05) is 0 Å². The lowest BCUT2D eigenvalue weighted by atomic mass is 10.0. The summed E-state index contributed by atoms with van der Waals surface area (Å²) in [5.74, 6) is 0. The number of rotatable bonds is 1. The molecule has 0 unspecified atom stereocenters. The highest BCUT2D eigenvalue weighted by atomic mass is 79.9. The lowest BCUT2D eigenvalue weighted by Crippen LogP contribution is -1.87. The van der Waals surface area contributed by atoms with Crippen LogP contribution < -0.4 is 0 Å². The van der Waals surface area contributed by atoms with Gasteiger partial charge in [0, 0.05) is 22.4 Å². The van der Waals surface area contributed by atoms with E-state index in [2.05, 4.69) is 59.9 Å². The second-order valence-corrected chi connectivity index (χ2v) is 4.97. The molecule has 0 radical (unpaired) electrons. The number of aryl methyl sites for hydroxylation is 3. The third kappa shape index (κ3) is 2.17. The molecule has 0 aliphatic rings. The van der Waals surface area contributed by atoms with E-state index < -0.39 is 0 Å². The number of benzene rings is 1. The Morgan fingerprint density at radius 3 is 2.06 bits per heavy atom. The fraction of sp³-hybridized carbons (Fsp3) is 0.214. The van der Waals surface area contributed by atoms with Gasteiger partial charge in [0.1, 0.15) is 0 Å². The van der Waals surface area contributed by atoms with E-state index >= 15 is 0 Å². The van der Waals surface area contributed by atoms with Gasteiger partial charge < -0.3 is 0 Å². The van der Waals surface area contributed by atoms with E-state index in [1.54, 1.807) is 0 Å². The largest absolute Gasteiger partial charge is 0.264 e. The number of halogens is 1. The highest BCUT2D eigenvalue weighted by Crippen LogP contribution is 2.28. The van der Waals surface area contributed by atoms with E-state index in [0.717, 1.165) is 0 Å². The first-order chi connectivity index (χ1) is 7.58. The summed E-state index contributed by atoms with van der Waals surface area (Å²) < 4.78 is 1.19. The van der Waals surface area contributed by atoms with E-state index in [9.17, 15) is 0 Å². The molecule has 0 aliphatic heterocycles. The quantitative estimate of drug-likeness (QED) is 0.750. The van der Waals surface area contributed by atoms with Crippen LogP contribution in [-0.4, -0.2) is 4.98 Å². The van der Waals surface area contributed by atoms with E-state index in [-0.39, 0.29) is 0 Å². The van der Waals surface area contributed by atoms with Crippen molar-refractivity contribution in [3.63, 3.8) is 0 Å². The Kier molecular flexibility index (Phi) is 3.10. The summed E-state index contributed by atoms with van der Waals surface area (Å²) in [7, 11) is 0. The maximum absolute atomic E-state index is 4.23. The molecule has 0 aliphatic carbocycles. The zero-order valence-electron chi connectivity index (χ0n) is 9.71. The molecule has 0 amide bonds. The molecular weight excluding hydrogens is 262 g/mol. The summed E-state index contributed by atoms with van der Waals surface area (Å²) >= 11 is 3.58. The van der Waals surface area contributed by atoms with Crippen LogP contribution in [0.1, 0.15) is 16.7 Å². The van der Waals surface area contributed by atoms with E-state index in [1.807, 2.05) is 12.4 Å². The van der Waals surface area contributed by atoms with Gasteiger partial charge in [0.25, 0.3) is 0 Å². The normalized spacial score (nSPS) is 10.5. The Morgan fingerprint density at radius 1 is 0.875 bits per heavy atom. The molecule has 0 saturated carbocycles. The molecule has 0 atom stereocenters. The Labute approximate surface area is 105 Å². The van der Waals surface area contributed by atoms with Crippen LogP contribution in [0.15, 0.2) is 35.1 Å². The summed E-state index contributed by atoms with van der Waals surface area (Å²) in [6.07, 6.45) is 3.79. The van der Waals surface area contributed by atoms with Crippen LogP contribution >= 0.6 is 15.9 Å². The van der Waals surface area contributed by atoms with Gasteiger partial charge in [-0.2, -0.15) is 0 Å². The number of pyridine rings is 1. The maximum atomic E-state index is 4.23. The lowest BCUT2D eigenvalue weighted by molar-refractivity contribution is 1.26. The smallest absolute Gasteiger partial charge is 0.0346 e. The maximum Gasteiger partial charge on any atom is 0.0346 e. The van der Waals surface area contributed by atoms with Crippen LogP contribution in [-0.2, 0) is 0 Å². The van der Waals surface area contributed by atoms with Gasteiger partial charge in [-0.15, -0.1) is 0 Å². The van der Waals surface area contributed by atoms with Crippen molar-refractivity contribution < 1.29 is 0 Å². The summed E-state index contributed by atoms with van der Waals surface area (Å²) in [6, 6.07) is 6.54. The molecular formula is C14H14BrN. The second kappa shape index (κ2) is 4.38.